The van der Waals surface area contributed by atoms with Crippen LogP contribution in [0.1, 0.15) is 35.7 Å². The second-order valence-electron chi connectivity index (χ2n) is 7.75. The van der Waals surface area contributed by atoms with Gasteiger partial charge in [0, 0.05) is 37.4 Å². The summed E-state index contributed by atoms with van der Waals surface area (Å²) < 4.78 is 16.5. The molecule has 0 heterocycles. The lowest BCUT2D eigenvalue weighted by atomic mass is 10.0. The monoisotopic (exact) mass is 516 g/mol. The molecule has 1 fully saturated rings. The second-order valence-corrected chi connectivity index (χ2v) is 8.56. The van der Waals surface area contributed by atoms with Gasteiger partial charge < -0.3 is 30.2 Å². The zero-order valence-electron chi connectivity index (χ0n) is 19.9. The Morgan fingerprint density at radius 1 is 1.26 bits per heavy atom. The fourth-order valence-corrected chi connectivity index (χ4v) is 3.73. The van der Waals surface area contributed by atoms with Crippen molar-refractivity contribution in [3.63, 3.8) is 0 Å². The first-order valence-corrected chi connectivity index (χ1v) is 11.9. The number of anilines is 1. The van der Waals surface area contributed by atoms with Gasteiger partial charge in [-0.2, -0.15) is 0 Å². The lowest BCUT2D eigenvalue weighted by Crippen LogP contribution is -2.30. The molecule has 0 radical (unpaired) electrons. The molecule has 0 bridgehead atoms. The Morgan fingerprint density at radius 3 is 2.63 bits per heavy atom. The third kappa shape index (κ3) is 7.17. The lowest BCUT2D eigenvalue weighted by Gasteiger charge is -2.17. The predicted molar refractivity (Wildman–Crippen MR) is 145 cm³/mol. The van der Waals surface area contributed by atoms with Gasteiger partial charge >= 0.3 is 0 Å². The van der Waals surface area contributed by atoms with Gasteiger partial charge in [0.1, 0.15) is 17.3 Å². The summed E-state index contributed by atoms with van der Waals surface area (Å²) in [7, 11) is 3.06. The molecule has 35 heavy (non-hydrogen) atoms. The van der Waals surface area contributed by atoms with Crippen molar-refractivity contribution in [2.75, 3.05) is 32.7 Å². The number of amides is 1. The SMILES string of the molecule is C=Nc1cc(OC)c(C(=O)NCCOC)cc1/C(=C\C)Oc1ccc(NC(=S)NC2CC2)c(Cl)c1. The molecule has 2 aromatic rings. The Labute approximate surface area is 215 Å². The van der Waals surface area contributed by atoms with E-state index in [1.807, 2.05) is 6.92 Å². The predicted octanol–water partition coefficient (Wildman–Crippen LogP) is 4.95. The molecule has 0 saturated heterocycles. The molecule has 0 atom stereocenters. The van der Waals surface area contributed by atoms with E-state index in [-0.39, 0.29) is 5.91 Å². The van der Waals surface area contributed by atoms with Crippen molar-refractivity contribution in [3.8, 4) is 11.5 Å². The van der Waals surface area contributed by atoms with E-state index >= 15 is 0 Å². The molecule has 0 aromatic heterocycles. The van der Waals surface area contributed by atoms with Crippen molar-refractivity contribution in [2.24, 2.45) is 4.99 Å². The largest absolute Gasteiger partial charge is 0.496 e. The molecule has 10 heteroatoms. The van der Waals surface area contributed by atoms with Crippen LogP contribution in [0.25, 0.3) is 5.76 Å². The zero-order valence-corrected chi connectivity index (χ0v) is 21.5. The third-order valence-electron chi connectivity index (χ3n) is 5.18. The second kappa shape index (κ2) is 12.5. The number of nitrogens with one attached hydrogen (secondary N) is 3. The Balaban J connectivity index is 1.83. The van der Waals surface area contributed by atoms with Gasteiger partial charge in [-0.1, -0.05) is 11.6 Å². The van der Waals surface area contributed by atoms with Gasteiger partial charge in [-0.05, 0) is 63.0 Å². The fourth-order valence-electron chi connectivity index (χ4n) is 3.23. The van der Waals surface area contributed by atoms with Crippen LogP contribution in [0.2, 0.25) is 5.02 Å². The summed E-state index contributed by atoms with van der Waals surface area (Å²) in [5, 5.41) is 10.1. The topological polar surface area (TPSA) is 93.2 Å². The van der Waals surface area contributed by atoms with E-state index in [2.05, 4.69) is 27.7 Å². The highest BCUT2D eigenvalue weighted by Gasteiger charge is 2.22. The summed E-state index contributed by atoms with van der Waals surface area (Å²) in [5.74, 6) is 1.05. The first-order chi connectivity index (χ1) is 16.9. The fraction of sp³-hybridized carbons (Fsp3) is 0.320. The van der Waals surface area contributed by atoms with E-state index in [9.17, 15) is 4.79 Å². The molecule has 3 rings (SSSR count). The van der Waals surface area contributed by atoms with Crippen LogP contribution in [0.4, 0.5) is 11.4 Å². The highest BCUT2D eigenvalue weighted by Crippen LogP contribution is 2.36. The van der Waals surface area contributed by atoms with Crippen molar-refractivity contribution >= 4 is 58.7 Å². The molecule has 0 aliphatic heterocycles. The minimum Gasteiger partial charge on any atom is -0.496 e. The average Bonchev–Trinajstić information content (AvgIpc) is 3.67. The normalized spacial score (nSPS) is 13.1. The molecule has 1 aliphatic carbocycles. The van der Waals surface area contributed by atoms with Crippen LogP contribution in [-0.2, 0) is 4.74 Å². The number of nitrogens with zero attached hydrogens (tertiary/aromatic N) is 1. The van der Waals surface area contributed by atoms with Gasteiger partial charge in [0.2, 0.25) is 0 Å². The van der Waals surface area contributed by atoms with Crippen molar-refractivity contribution in [3.05, 3.63) is 52.6 Å². The van der Waals surface area contributed by atoms with Gasteiger partial charge in [0.15, 0.2) is 5.11 Å². The number of allylic oxidation sites excluding steroid dienone is 1. The quantitative estimate of drug-likeness (QED) is 0.168. The first kappa shape index (κ1) is 26.5. The van der Waals surface area contributed by atoms with Gasteiger partial charge in [-0.3, -0.25) is 9.79 Å². The number of carbonyl (C=O) groups is 1. The third-order valence-corrected chi connectivity index (χ3v) is 5.71. The molecule has 3 N–H and O–H groups in total. The summed E-state index contributed by atoms with van der Waals surface area (Å²) in [6.45, 7) is 6.23. The average molecular weight is 517 g/mol. The van der Waals surface area contributed by atoms with Crippen LogP contribution in [0.15, 0.2) is 41.4 Å². The summed E-state index contributed by atoms with van der Waals surface area (Å²) in [6.07, 6.45) is 4.02. The lowest BCUT2D eigenvalue weighted by molar-refractivity contribution is 0.0934. The summed E-state index contributed by atoms with van der Waals surface area (Å²) in [6, 6.07) is 9.02. The van der Waals surface area contributed by atoms with Gasteiger partial charge in [-0.15, -0.1) is 0 Å². The molecule has 1 saturated carbocycles. The van der Waals surface area contributed by atoms with E-state index in [1.165, 1.54) is 7.11 Å². The Kier molecular flexibility index (Phi) is 9.47. The minimum atomic E-state index is -0.305. The number of hydrogen-bond acceptors (Lipinski definition) is 6. The van der Waals surface area contributed by atoms with Crippen molar-refractivity contribution in [1.82, 2.24) is 10.6 Å². The number of hydrogen-bond donors (Lipinski definition) is 3. The van der Waals surface area contributed by atoms with Crippen LogP contribution in [-0.4, -0.2) is 51.2 Å². The maximum Gasteiger partial charge on any atom is 0.255 e. The standard InChI is InChI=1S/C25H29ClN4O4S/c1-5-22(34-16-8-9-20(19(26)12-16)30-25(35)29-15-6-7-15)17-13-18(24(31)28-10-11-32-3)23(33-4)14-21(17)27-2/h5,8-9,12-15H,2,6-7,10-11H2,1,3-4H3,(H,28,31)(H2,29,30,35)/b22-5+. The molecule has 0 unspecified atom stereocenters. The molecular formula is C25H29ClN4O4S. The summed E-state index contributed by atoms with van der Waals surface area (Å²) in [5.41, 5.74) is 2.09. The Hall–Kier alpha value is -3.14. The smallest absolute Gasteiger partial charge is 0.255 e. The minimum absolute atomic E-state index is 0.305. The molecule has 1 aliphatic rings. The number of benzene rings is 2. The highest BCUT2D eigenvalue weighted by atomic mass is 35.5. The van der Waals surface area contributed by atoms with E-state index in [1.54, 1.807) is 43.5 Å². The molecule has 8 nitrogen and oxygen atoms in total. The van der Waals surface area contributed by atoms with Crippen molar-refractivity contribution in [2.45, 2.75) is 25.8 Å². The molecule has 186 valence electrons. The number of aliphatic imine (C=N–C) groups is 1. The van der Waals surface area contributed by atoms with Crippen molar-refractivity contribution in [1.29, 1.82) is 0 Å². The maximum absolute atomic E-state index is 12.8. The van der Waals surface area contributed by atoms with Crippen LogP contribution >= 0.6 is 23.8 Å². The Morgan fingerprint density at radius 2 is 2.03 bits per heavy atom. The zero-order chi connectivity index (χ0) is 25.4. The Bertz CT molecular complexity index is 1130. The van der Waals surface area contributed by atoms with E-state index in [0.717, 1.165) is 12.8 Å². The van der Waals surface area contributed by atoms with E-state index in [4.69, 9.17) is 38.0 Å². The van der Waals surface area contributed by atoms with E-state index in [0.29, 0.717) is 69.1 Å². The van der Waals surface area contributed by atoms with E-state index < -0.39 is 0 Å². The van der Waals surface area contributed by atoms with Crippen LogP contribution in [0, 0.1) is 0 Å². The van der Waals surface area contributed by atoms with Crippen LogP contribution < -0.4 is 25.4 Å². The molecule has 2 aromatic carbocycles. The van der Waals surface area contributed by atoms with Crippen LogP contribution in [0.3, 0.4) is 0 Å². The van der Waals surface area contributed by atoms with Gasteiger partial charge in [0.05, 0.1) is 35.7 Å². The number of carbonyl (C=O) groups excluding carboxylic acids is 1. The number of rotatable bonds is 11. The highest BCUT2D eigenvalue weighted by molar-refractivity contribution is 7.80. The van der Waals surface area contributed by atoms with Gasteiger partial charge in [0.25, 0.3) is 5.91 Å². The van der Waals surface area contributed by atoms with Crippen LogP contribution in [0.5, 0.6) is 11.5 Å². The molecule has 0 spiro atoms. The number of methoxy groups -OCH3 is 2. The number of ether oxygens (including phenoxy) is 3. The number of halogens is 1. The number of thiocarbonyl (C=S) groups is 1. The maximum atomic E-state index is 12.8. The van der Waals surface area contributed by atoms with Crippen molar-refractivity contribution < 1.29 is 19.0 Å². The molecular weight excluding hydrogens is 488 g/mol. The molecule has 1 amide bonds. The first-order valence-electron chi connectivity index (χ1n) is 11.1. The summed E-state index contributed by atoms with van der Waals surface area (Å²) in [4.78, 5) is 16.9. The summed E-state index contributed by atoms with van der Waals surface area (Å²) >= 11 is 11.8. The van der Waals surface area contributed by atoms with Gasteiger partial charge in [-0.25, -0.2) is 0 Å².